The molecule has 0 saturated carbocycles. The highest BCUT2D eigenvalue weighted by atomic mass is 35.5. The summed E-state index contributed by atoms with van der Waals surface area (Å²) in [6.07, 6.45) is 1.59. The van der Waals surface area contributed by atoms with Gasteiger partial charge in [0, 0.05) is 23.9 Å². The van der Waals surface area contributed by atoms with Gasteiger partial charge in [-0.3, -0.25) is 4.57 Å². The van der Waals surface area contributed by atoms with Crippen LogP contribution in [0.25, 0.3) is 0 Å². The first-order valence-corrected chi connectivity index (χ1v) is 8.30. The Balaban J connectivity index is 2.36. The van der Waals surface area contributed by atoms with Crippen LogP contribution in [0, 0.1) is 6.92 Å². The molecule has 1 heterocycles. The summed E-state index contributed by atoms with van der Waals surface area (Å²) in [6, 6.07) is 7.22. The molecule has 0 aliphatic heterocycles. The molecule has 2 N–H and O–H groups in total. The molecule has 106 valence electrons. The lowest BCUT2D eigenvalue weighted by Gasteiger charge is -2.10. The van der Waals surface area contributed by atoms with Crippen LogP contribution >= 0.6 is 31.4 Å². The van der Waals surface area contributed by atoms with E-state index in [1.165, 1.54) is 18.9 Å². The van der Waals surface area contributed by atoms with Crippen molar-refractivity contribution in [2.45, 2.75) is 16.8 Å². The fourth-order valence-corrected chi connectivity index (χ4v) is 3.51. The Morgan fingerprint density at radius 1 is 1.40 bits per heavy atom. The van der Waals surface area contributed by atoms with Crippen molar-refractivity contribution in [1.29, 1.82) is 0 Å². The SMILES string of the molecule is CO[PH](=O)c1cc(Sc2ccc(Cl)cn2)c(C)cc1N. The molecule has 0 amide bonds. The van der Waals surface area contributed by atoms with Crippen LogP contribution in [-0.4, -0.2) is 12.1 Å². The maximum Gasteiger partial charge on any atom is 0.222 e. The Labute approximate surface area is 127 Å². The molecule has 1 unspecified atom stereocenters. The first-order chi connectivity index (χ1) is 9.51. The number of nitrogen functional groups attached to an aromatic ring is 1. The van der Waals surface area contributed by atoms with E-state index in [0.29, 0.717) is 16.0 Å². The molecule has 4 nitrogen and oxygen atoms in total. The molecule has 0 bridgehead atoms. The zero-order chi connectivity index (χ0) is 14.7. The van der Waals surface area contributed by atoms with Gasteiger partial charge >= 0.3 is 0 Å². The first-order valence-electron chi connectivity index (χ1n) is 5.79. The fraction of sp³-hybridized carbons (Fsp3) is 0.154. The van der Waals surface area contributed by atoms with Gasteiger partial charge in [-0.25, -0.2) is 4.98 Å². The number of nitrogens with two attached hydrogens (primary N) is 1. The van der Waals surface area contributed by atoms with E-state index < -0.39 is 8.03 Å². The summed E-state index contributed by atoms with van der Waals surface area (Å²) >= 11 is 7.28. The number of rotatable bonds is 4. The van der Waals surface area contributed by atoms with Gasteiger partial charge in [-0.15, -0.1) is 0 Å². The van der Waals surface area contributed by atoms with Gasteiger partial charge in [-0.2, -0.15) is 0 Å². The van der Waals surface area contributed by atoms with Crippen LogP contribution < -0.4 is 11.0 Å². The first kappa shape index (κ1) is 15.4. The third-order valence-electron chi connectivity index (χ3n) is 2.67. The molecular weight excluding hydrogens is 315 g/mol. The van der Waals surface area contributed by atoms with E-state index in [2.05, 4.69) is 4.98 Å². The van der Waals surface area contributed by atoms with Crippen LogP contribution in [0.15, 0.2) is 40.4 Å². The fourth-order valence-electron chi connectivity index (χ4n) is 1.64. The van der Waals surface area contributed by atoms with Gasteiger partial charge in [0.2, 0.25) is 8.03 Å². The molecule has 2 aromatic rings. The highest BCUT2D eigenvalue weighted by Gasteiger charge is 2.12. The second-order valence-electron chi connectivity index (χ2n) is 4.11. The van der Waals surface area contributed by atoms with Gasteiger partial charge < -0.3 is 10.3 Å². The summed E-state index contributed by atoms with van der Waals surface area (Å²) in [4.78, 5) is 5.17. The summed E-state index contributed by atoms with van der Waals surface area (Å²) in [7, 11) is -0.892. The molecule has 0 fully saturated rings. The highest BCUT2D eigenvalue weighted by Crippen LogP contribution is 2.33. The molecule has 20 heavy (non-hydrogen) atoms. The van der Waals surface area contributed by atoms with Crippen molar-refractivity contribution in [2.75, 3.05) is 12.8 Å². The summed E-state index contributed by atoms with van der Waals surface area (Å²) in [5, 5.41) is 1.94. The van der Waals surface area contributed by atoms with Crippen LogP contribution in [-0.2, 0) is 9.09 Å². The average Bonchev–Trinajstić information content (AvgIpc) is 2.43. The summed E-state index contributed by atoms with van der Waals surface area (Å²) in [5.74, 6) is 0. The molecule has 1 atom stereocenters. The van der Waals surface area contributed by atoms with E-state index in [-0.39, 0.29) is 0 Å². The molecule has 0 saturated heterocycles. The molecular formula is C13H14ClN2O2PS. The average molecular weight is 329 g/mol. The number of aryl methyl sites for hydroxylation is 1. The van der Waals surface area contributed by atoms with Crippen molar-refractivity contribution in [2.24, 2.45) is 0 Å². The normalized spacial score (nSPS) is 12.3. The van der Waals surface area contributed by atoms with Crippen LogP contribution in [0.1, 0.15) is 5.56 Å². The second kappa shape index (κ2) is 6.64. The predicted molar refractivity (Wildman–Crippen MR) is 84.6 cm³/mol. The van der Waals surface area contributed by atoms with Gasteiger partial charge in [0.25, 0.3) is 0 Å². The minimum Gasteiger partial charge on any atom is -0.398 e. The number of pyridine rings is 1. The quantitative estimate of drug-likeness (QED) is 0.687. The maximum atomic E-state index is 11.8. The number of nitrogens with zero attached hydrogens (tertiary/aromatic N) is 1. The van der Waals surface area contributed by atoms with Crippen molar-refractivity contribution < 1.29 is 9.09 Å². The second-order valence-corrected chi connectivity index (χ2v) is 7.13. The Bertz CT molecular complexity index is 650. The van der Waals surface area contributed by atoms with E-state index in [1.807, 2.05) is 13.0 Å². The van der Waals surface area contributed by atoms with Crippen molar-refractivity contribution in [1.82, 2.24) is 4.98 Å². The number of hydrogen-bond acceptors (Lipinski definition) is 5. The zero-order valence-corrected chi connectivity index (χ0v) is 13.6. The Morgan fingerprint density at radius 2 is 2.15 bits per heavy atom. The third kappa shape index (κ3) is 3.55. The predicted octanol–water partition coefficient (Wildman–Crippen LogP) is 3.52. The van der Waals surface area contributed by atoms with Crippen LogP contribution in [0.2, 0.25) is 5.02 Å². The molecule has 0 aliphatic rings. The number of halogens is 1. The van der Waals surface area contributed by atoms with Crippen LogP contribution in [0.4, 0.5) is 5.69 Å². The standard InChI is InChI=1S/C13H14ClN2O2PS/c1-8-5-10(15)11(19(17)18-2)6-12(8)20-13-4-3-9(14)7-16-13/h3-7,19H,15H2,1-2H3. The lowest BCUT2D eigenvalue weighted by Crippen LogP contribution is -2.07. The minimum absolute atomic E-state index is 0.488. The number of aromatic nitrogens is 1. The van der Waals surface area contributed by atoms with Crippen LogP contribution in [0.5, 0.6) is 0 Å². The van der Waals surface area contributed by atoms with E-state index in [4.69, 9.17) is 21.9 Å². The number of hydrogen-bond donors (Lipinski definition) is 1. The van der Waals surface area contributed by atoms with Gasteiger partial charge in [-0.1, -0.05) is 23.4 Å². The van der Waals surface area contributed by atoms with E-state index in [1.54, 1.807) is 24.4 Å². The van der Waals surface area contributed by atoms with Crippen molar-refractivity contribution >= 4 is 42.4 Å². The summed E-state index contributed by atoms with van der Waals surface area (Å²) < 4.78 is 16.7. The molecule has 1 aromatic heterocycles. The minimum atomic E-state index is -2.30. The zero-order valence-electron chi connectivity index (χ0n) is 11.0. The topological polar surface area (TPSA) is 65.2 Å². The van der Waals surface area contributed by atoms with Crippen molar-refractivity contribution in [3.63, 3.8) is 0 Å². The highest BCUT2D eigenvalue weighted by molar-refractivity contribution is 7.99. The number of benzene rings is 1. The summed E-state index contributed by atoms with van der Waals surface area (Å²) in [5.41, 5.74) is 7.37. The lowest BCUT2D eigenvalue weighted by atomic mass is 10.2. The lowest BCUT2D eigenvalue weighted by molar-refractivity contribution is 0.423. The molecule has 0 radical (unpaired) electrons. The molecule has 1 aromatic carbocycles. The smallest absolute Gasteiger partial charge is 0.222 e. The maximum absolute atomic E-state index is 11.8. The third-order valence-corrected chi connectivity index (χ3v) is 5.24. The van der Waals surface area contributed by atoms with Crippen molar-refractivity contribution in [3.8, 4) is 0 Å². The van der Waals surface area contributed by atoms with Crippen molar-refractivity contribution in [3.05, 3.63) is 41.0 Å². The van der Waals surface area contributed by atoms with E-state index in [9.17, 15) is 4.57 Å². The van der Waals surface area contributed by atoms with E-state index in [0.717, 1.165) is 15.5 Å². The summed E-state index contributed by atoms with van der Waals surface area (Å²) in [6.45, 7) is 1.95. The van der Waals surface area contributed by atoms with Gasteiger partial charge in [0.1, 0.15) is 5.03 Å². The van der Waals surface area contributed by atoms with E-state index >= 15 is 0 Å². The number of anilines is 1. The molecule has 0 spiro atoms. The van der Waals surface area contributed by atoms with Gasteiger partial charge in [0.05, 0.1) is 10.3 Å². The van der Waals surface area contributed by atoms with Gasteiger partial charge in [-0.05, 0) is 36.8 Å². The Morgan fingerprint density at radius 3 is 2.75 bits per heavy atom. The molecule has 0 aliphatic carbocycles. The van der Waals surface area contributed by atoms with Gasteiger partial charge in [0.15, 0.2) is 0 Å². The molecule has 7 heteroatoms. The largest absolute Gasteiger partial charge is 0.398 e. The molecule has 2 rings (SSSR count). The Hall–Kier alpha value is -1.00. The van der Waals surface area contributed by atoms with Crippen LogP contribution in [0.3, 0.4) is 0 Å². The Kier molecular flexibility index (Phi) is 5.11. The monoisotopic (exact) mass is 328 g/mol.